The smallest absolute Gasteiger partial charge is 0.251 e. The second-order valence-electron chi connectivity index (χ2n) is 4.80. The first-order valence-corrected chi connectivity index (χ1v) is 7.54. The molecule has 1 amide bonds. The van der Waals surface area contributed by atoms with Crippen LogP contribution < -0.4 is 11.1 Å². The lowest BCUT2D eigenvalue weighted by atomic mass is 10.1. The van der Waals surface area contributed by atoms with Gasteiger partial charge in [-0.3, -0.25) is 4.79 Å². The molecule has 0 unspecified atom stereocenters. The molecule has 0 aliphatic rings. The number of carbonyl (C=O) groups is 1. The minimum Gasteiger partial charge on any atom is -0.370 e. The molecule has 1 aromatic carbocycles. The van der Waals surface area contributed by atoms with E-state index in [-0.39, 0.29) is 29.9 Å². The molecule has 22 heavy (non-hydrogen) atoms. The lowest BCUT2D eigenvalue weighted by Gasteiger charge is -2.19. The molecule has 5 nitrogen and oxygen atoms in total. The molecular formula is C16H27IN4O. The van der Waals surface area contributed by atoms with Crippen LogP contribution in [-0.2, 0) is 6.54 Å². The SMILES string of the molecule is CCCNC(=O)c1cccc(CN=C(N)N(CC)CC)c1.I. The summed E-state index contributed by atoms with van der Waals surface area (Å²) in [4.78, 5) is 18.3. The lowest BCUT2D eigenvalue weighted by molar-refractivity contribution is 0.0953. The maximum absolute atomic E-state index is 11.9. The Morgan fingerprint density at radius 3 is 2.55 bits per heavy atom. The molecule has 0 saturated carbocycles. The van der Waals surface area contributed by atoms with Gasteiger partial charge in [0.1, 0.15) is 0 Å². The second-order valence-corrected chi connectivity index (χ2v) is 4.80. The predicted molar refractivity (Wildman–Crippen MR) is 103 cm³/mol. The van der Waals surface area contributed by atoms with Crippen molar-refractivity contribution in [3.05, 3.63) is 35.4 Å². The summed E-state index contributed by atoms with van der Waals surface area (Å²) in [7, 11) is 0. The summed E-state index contributed by atoms with van der Waals surface area (Å²) in [5, 5.41) is 2.87. The highest BCUT2D eigenvalue weighted by molar-refractivity contribution is 14.0. The molecule has 0 atom stereocenters. The van der Waals surface area contributed by atoms with E-state index in [0.29, 0.717) is 24.6 Å². The highest BCUT2D eigenvalue weighted by Crippen LogP contribution is 2.07. The molecule has 0 aromatic heterocycles. The molecule has 0 radical (unpaired) electrons. The standard InChI is InChI=1S/C16H26N4O.HI/c1-4-10-18-15(21)14-9-7-8-13(11-14)12-19-16(17)20(5-2)6-3;/h7-9,11H,4-6,10,12H2,1-3H3,(H2,17,19)(H,18,21);1H. The number of halogens is 1. The number of amides is 1. The first-order chi connectivity index (χ1) is 10.1. The van der Waals surface area contributed by atoms with Gasteiger partial charge in [-0.2, -0.15) is 0 Å². The Morgan fingerprint density at radius 1 is 1.27 bits per heavy atom. The van der Waals surface area contributed by atoms with Crippen LogP contribution in [0.3, 0.4) is 0 Å². The van der Waals surface area contributed by atoms with Crippen LogP contribution in [0.4, 0.5) is 0 Å². The zero-order chi connectivity index (χ0) is 15.7. The second kappa shape index (κ2) is 11.3. The van der Waals surface area contributed by atoms with Crippen LogP contribution in [0, 0.1) is 0 Å². The molecule has 0 bridgehead atoms. The molecule has 6 heteroatoms. The van der Waals surface area contributed by atoms with E-state index >= 15 is 0 Å². The Kier molecular flexibility index (Phi) is 10.6. The van der Waals surface area contributed by atoms with Crippen LogP contribution in [0.1, 0.15) is 43.1 Å². The van der Waals surface area contributed by atoms with Crippen molar-refractivity contribution in [2.75, 3.05) is 19.6 Å². The van der Waals surface area contributed by atoms with Crippen LogP contribution >= 0.6 is 24.0 Å². The van der Waals surface area contributed by atoms with Crippen LogP contribution in [0.15, 0.2) is 29.3 Å². The Balaban J connectivity index is 0.00000441. The summed E-state index contributed by atoms with van der Waals surface area (Å²) in [6, 6.07) is 7.50. The topological polar surface area (TPSA) is 70.7 Å². The van der Waals surface area contributed by atoms with Crippen LogP contribution in [0.25, 0.3) is 0 Å². The lowest BCUT2D eigenvalue weighted by Crippen LogP contribution is -2.37. The number of nitrogens with zero attached hydrogens (tertiary/aromatic N) is 2. The van der Waals surface area contributed by atoms with Gasteiger partial charge in [-0.1, -0.05) is 19.1 Å². The zero-order valence-corrected chi connectivity index (χ0v) is 16.0. The highest BCUT2D eigenvalue weighted by Gasteiger charge is 2.06. The molecule has 0 heterocycles. The van der Waals surface area contributed by atoms with E-state index < -0.39 is 0 Å². The average molecular weight is 418 g/mol. The van der Waals surface area contributed by atoms with Crippen molar-refractivity contribution in [1.29, 1.82) is 0 Å². The van der Waals surface area contributed by atoms with E-state index in [1.54, 1.807) is 0 Å². The van der Waals surface area contributed by atoms with Gasteiger partial charge in [0.05, 0.1) is 6.54 Å². The molecule has 0 aliphatic heterocycles. The summed E-state index contributed by atoms with van der Waals surface area (Å²) in [5.41, 5.74) is 7.59. The number of nitrogens with two attached hydrogens (primary N) is 1. The zero-order valence-electron chi connectivity index (χ0n) is 13.6. The molecular weight excluding hydrogens is 391 g/mol. The summed E-state index contributed by atoms with van der Waals surface area (Å²) < 4.78 is 0. The van der Waals surface area contributed by atoms with Crippen molar-refractivity contribution >= 4 is 35.8 Å². The van der Waals surface area contributed by atoms with Gasteiger partial charge in [0.2, 0.25) is 0 Å². The van der Waals surface area contributed by atoms with E-state index in [0.717, 1.165) is 25.1 Å². The number of guanidine groups is 1. The van der Waals surface area contributed by atoms with Crippen molar-refractivity contribution < 1.29 is 4.79 Å². The Labute approximate surface area is 150 Å². The van der Waals surface area contributed by atoms with Gasteiger partial charge < -0.3 is 16.0 Å². The van der Waals surface area contributed by atoms with Crippen LogP contribution in [-0.4, -0.2) is 36.4 Å². The van der Waals surface area contributed by atoms with Gasteiger partial charge >= 0.3 is 0 Å². The number of carbonyl (C=O) groups excluding carboxylic acids is 1. The minimum absolute atomic E-state index is 0. The monoisotopic (exact) mass is 418 g/mol. The average Bonchev–Trinajstić information content (AvgIpc) is 2.52. The third-order valence-corrected chi connectivity index (χ3v) is 3.24. The van der Waals surface area contributed by atoms with Gasteiger partial charge in [-0.05, 0) is 38.0 Å². The number of hydrogen-bond donors (Lipinski definition) is 2. The maximum Gasteiger partial charge on any atom is 0.251 e. The molecule has 3 N–H and O–H groups in total. The Morgan fingerprint density at radius 2 is 1.95 bits per heavy atom. The van der Waals surface area contributed by atoms with Gasteiger partial charge in [-0.15, -0.1) is 24.0 Å². The predicted octanol–water partition coefficient (Wildman–Crippen LogP) is 2.60. The molecule has 0 fully saturated rings. The number of rotatable bonds is 7. The number of benzene rings is 1. The third-order valence-electron chi connectivity index (χ3n) is 3.24. The maximum atomic E-state index is 11.9. The van der Waals surface area contributed by atoms with E-state index in [1.165, 1.54) is 0 Å². The largest absolute Gasteiger partial charge is 0.370 e. The normalized spacial score (nSPS) is 10.8. The van der Waals surface area contributed by atoms with Gasteiger partial charge in [0.15, 0.2) is 5.96 Å². The van der Waals surface area contributed by atoms with E-state index in [4.69, 9.17) is 5.73 Å². The number of nitrogens with one attached hydrogen (secondary N) is 1. The van der Waals surface area contributed by atoms with Gasteiger partial charge in [0.25, 0.3) is 5.91 Å². The summed E-state index contributed by atoms with van der Waals surface area (Å²) in [6.45, 7) is 8.97. The Hall–Kier alpha value is -1.31. The van der Waals surface area contributed by atoms with Crippen LogP contribution in [0.2, 0.25) is 0 Å². The Bertz CT molecular complexity index is 487. The van der Waals surface area contributed by atoms with Gasteiger partial charge in [-0.25, -0.2) is 4.99 Å². The fourth-order valence-corrected chi connectivity index (χ4v) is 1.97. The molecule has 0 aliphatic carbocycles. The van der Waals surface area contributed by atoms with Crippen molar-refractivity contribution in [2.45, 2.75) is 33.7 Å². The minimum atomic E-state index is -0.0422. The fraction of sp³-hybridized carbons (Fsp3) is 0.500. The summed E-state index contributed by atoms with van der Waals surface area (Å²) in [6.07, 6.45) is 0.927. The first kappa shape index (κ1) is 20.7. The van der Waals surface area contributed by atoms with Crippen molar-refractivity contribution in [3.63, 3.8) is 0 Å². The van der Waals surface area contributed by atoms with Gasteiger partial charge in [0, 0.05) is 25.2 Å². The van der Waals surface area contributed by atoms with Crippen LogP contribution in [0.5, 0.6) is 0 Å². The quantitative estimate of drug-likeness (QED) is 0.406. The summed E-state index contributed by atoms with van der Waals surface area (Å²) >= 11 is 0. The molecule has 1 rings (SSSR count). The third kappa shape index (κ3) is 6.64. The van der Waals surface area contributed by atoms with E-state index in [1.807, 2.05) is 49.9 Å². The molecule has 0 saturated heterocycles. The van der Waals surface area contributed by atoms with Crippen molar-refractivity contribution in [3.8, 4) is 0 Å². The molecule has 124 valence electrons. The van der Waals surface area contributed by atoms with Crippen molar-refractivity contribution in [1.82, 2.24) is 10.2 Å². The first-order valence-electron chi connectivity index (χ1n) is 7.54. The number of hydrogen-bond acceptors (Lipinski definition) is 2. The molecule has 1 aromatic rings. The number of aliphatic imine (C=N–C) groups is 1. The summed E-state index contributed by atoms with van der Waals surface area (Å²) in [5.74, 6) is 0.500. The molecule has 0 spiro atoms. The van der Waals surface area contributed by atoms with E-state index in [9.17, 15) is 4.79 Å². The van der Waals surface area contributed by atoms with Crippen molar-refractivity contribution in [2.24, 2.45) is 10.7 Å². The van der Waals surface area contributed by atoms with E-state index in [2.05, 4.69) is 10.3 Å². The fourth-order valence-electron chi connectivity index (χ4n) is 1.97. The highest BCUT2D eigenvalue weighted by atomic mass is 127.